The molecule has 3 rings (SSSR count). The fraction of sp³-hybridized carbons (Fsp3) is 0.381. The number of rotatable bonds is 6. The number of carbonyl (C=O) groups is 1. The molecule has 2 aromatic rings. The molecule has 0 radical (unpaired) electrons. The molecule has 0 saturated carbocycles. The fourth-order valence-electron chi connectivity index (χ4n) is 3.30. The summed E-state index contributed by atoms with van der Waals surface area (Å²) in [7, 11) is 3.64. The monoisotopic (exact) mass is 387 g/mol. The van der Waals surface area contributed by atoms with Gasteiger partial charge >= 0.3 is 0 Å². The third-order valence-corrected chi connectivity index (χ3v) is 5.09. The Balaban J connectivity index is 1.46. The van der Waals surface area contributed by atoms with Gasteiger partial charge in [0, 0.05) is 43.4 Å². The predicted molar refractivity (Wildman–Crippen MR) is 110 cm³/mol. The van der Waals surface area contributed by atoms with E-state index in [1.165, 1.54) is 5.69 Å². The predicted octanol–water partition coefficient (Wildman–Crippen LogP) is 3.13. The van der Waals surface area contributed by atoms with E-state index in [0.29, 0.717) is 6.54 Å². The van der Waals surface area contributed by atoms with Crippen molar-refractivity contribution in [1.82, 2.24) is 9.80 Å². The second-order valence-electron chi connectivity index (χ2n) is 6.86. The van der Waals surface area contributed by atoms with Crippen LogP contribution in [0, 0.1) is 0 Å². The summed E-state index contributed by atoms with van der Waals surface area (Å²) in [6.07, 6.45) is 0. The van der Waals surface area contributed by atoms with Crippen LogP contribution in [0.15, 0.2) is 48.5 Å². The smallest absolute Gasteiger partial charge is 0.236 e. The van der Waals surface area contributed by atoms with E-state index in [1.54, 1.807) is 7.11 Å². The van der Waals surface area contributed by atoms with Crippen LogP contribution >= 0.6 is 11.6 Å². The van der Waals surface area contributed by atoms with Gasteiger partial charge in [-0.1, -0.05) is 23.7 Å². The molecule has 144 valence electrons. The summed E-state index contributed by atoms with van der Waals surface area (Å²) >= 11 is 5.92. The summed E-state index contributed by atoms with van der Waals surface area (Å²) in [6.45, 7) is 4.34. The van der Waals surface area contributed by atoms with E-state index in [-0.39, 0.29) is 5.91 Å². The molecule has 1 aliphatic rings. The quantitative estimate of drug-likeness (QED) is 0.763. The van der Waals surface area contributed by atoms with Gasteiger partial charge < -0.3 is 14.5 Å². The lowest BCUT2D eigenvalue weighted by Crippen LogP contribution is -2.51. The highest BCUT2D eigenvalue weighted by Gasteiger charge is 2.22. The van der Waals surface area contributed by atoms with Crippen molar-refractivity contribution in [3.8, 4) is 5.75 Å². The third kappa shape index (κ3) is 5.37. The Morgan fingerprint density at radius 2 is 1.67 bits per heavy atom. The lowest BCUT2D eigenvalue weighted by molar-refractivity contribution is -0.132. The van der Waals surface area contributed by atoms with Crippen molar-refractivity contribution in [2.45, 2.75) is 6.54 Å². The van der Waals surface area contributed by atoms with Gasteiger partial charge in [-0.05, 0) is 49.0 Å². The SMILES string of the molecule is COc1ccc(N2CCN(C(=O)CN(C)Cc3ccc(Cl)cc3)CC2)cc1. The molecule has 0 N–H and O–H groups in total. The molecule has 0 bridgehead atoms. The van der Waals surface area contributed by atoms with Gasteiger partial charge in [0.15, 0.2) is 0 Å². The van der Waals surface area contributed by atoms with Crippen LogP contribution in [-0.4, -0.2) is 62.6 Å². The third-order valence-electron chi connectivity index (χ3n) is 4.84. The number of methoxy groups -OCH3 is 1. The van der Waals surface area contributed by atoms with Crippen LogP contribution in [-0.2, 0) is 11.3 Å². The van der Waals surface area contributed by atoms with E-state index in [2.05, 4.69) is 17.0 Å². The Morgan fingerprint density at radius 1 is 1.04 bits per heavy atom. The average Bonchev–Trinajstić information content (AvgIpc) is 2.70. The van der Waals surface area contributed by atoms with Crippen LogP contribution in [0.5, 0.6) is 5.75 Å². The zero-order valence-electron chi connectivity index (χ0n) is 15.9. The maximum atomic E-state index is 12.6. The molecule has 6 heteroatoms. The van der Waals surface area contributed by atoms with Crippen LogP contribution in [0.1, 0.15) is 5.56 Å². The fourth-order valence-corrected chi connectivity index (χ4v) is 3.42. The number of anilines is 1. The molecule has 2 aromatic carbocycles. The van der Waals surface area contributed by atoms with Crippen LogP contribution in [0.2, 0.25) is 5.02 Å². The average molecular weight is 388 g/mol. The van der Waals surface area contributed by atoms with Crippen LogP contribution < -0.4 is 9.64 Å². The number of benzene rings is 2. The Morgan fingerprint density at radius 3 is 2.26 bits per heavy atom. The van der Waals surface area contributed by atoms with E-state index in [9.17, 15) is 4.79 Å². The molecule has 27 heavy (non-hydrogen) atoms. The van der Waals surface area contributed by atoms with Crippen molar-refractivity contribution in [3.63, 3.8) is 0 Å². The zero-order valence-corrected chi connectivity index (χ0v) is 16.7. The lowest BCUT2D eigenvalue weighted by Gasteiger charge is -2.36. The largest absolute Gasteiger partial charge is 0.497 e. The highest BCUT2D eigenvalue weighted by Crippen LogP contribution is 2.20. The van der Waals surface area contributed by atoms with Gasteiger partial charge in [-0.2, -0.15) is 0 Å². The number of carbonyl (C=O) groups excluding carboxylic acids is 1. The highest BCUT2D eigenvalue weighted by molar-refractivity contribution is 6.30. The molecule has 1 aliphatic heterocycles. The summed E-state index contributed by atoms with van der Waals surface area (Å²) in [5.41, 5.74) is 2.32. The second-order valence-corrected chi connectivity index (χ2v) is 7.30. The van der Waals surface area contributed by atoms with Crippen molar-refractivity contribution in [2.24, 2.45) is 0 Å². The first-order chi connectivity index (χ1) is 13.0. The minimum Gasteiger partial charge on any atom is -0.497 e. The summed E-state index contributed by atoms with van der Waals surface area (Å²) in [4.78, 5) is 18.9. The minimum atomic E-state index is 0.181. The summed E-state index contributed by atoms with van der Waals surface area (Å²) in [6, 6.07) is 15.8. The van der Waals surface area contributed by atoms with Gasteiger partial charge in [0.2, 0.25) is 5.91 Å². The van der Waals surface area contributed by atoms with Gasteiger partial charge in [0.1, 0.15) is 5.75 Å². The number of likely N-dealkylation sites (N-methyl/N-ethyl adjacent to an activating group) is 1. The molecule has 0 aromatic heterocycles. The van der Waals surface area contributed by atoms with Crippen molar-refractivity contribution in [3.05, 3.63) is 59.1 Å². The van der Waals surface area contributed by atoms with E-state index in [1.807, 2.05) is 53.2 Å². The molecule has 1 amide bonds. The molecule has 0 aliphatic carbocycles. The standard InChI is InChI=1S/C21H26ClN3O2/c1-23(15-17-3-5-18(22)6-4-17)16-21(26)25-13-11-24(12-14-25)19-7-9-20(27-2)10-8-19/h3-10H,11-16H2,1-2H3. The van der Waals surface area contributed by atoms with E-state index < -0.39 is 0 Å². The van der Waals surface area contributed by atoms with E-state index in [0.717, 1.165) is 49.1 Å². The summed E-state index contributed by atoms with van der Waals surface area (Å²) in [5, 5.41) is 0.729. The Kier molecular flexibility index (Phi) is 6.58. The first-order valence-corrected chi connectivity index (χ1v) is 9.53. The first-order valence-electron chi connectivity index (χ1n) is 9.15. The van der Waals surface area contributed by atoms with E-state index >= 15 is 0 Å². The van der Waals surface area contributed by atoms with Crippen molar-refractivity contribution < 1.29 is 9.53 Å². The molecular weight excluding hydrogens is 362 g/mol. The normalized spacial score (nSPS) is 14.5. The Hall–Kier alpha value is -2.24. The van der Waals surface area contributed by atoms with Gasteiger partial charge in [-0.25, -0.2) is 0 Å². The minimum absolute atomic E-state index is 0.181. The maximum Gasteiger partial charge on any atom is 0.236 e. The molecule has 0 spiro atoms. The number of hydrogen-bond acceptors (Lipinski definition) is 4. The number of hydrogen-bond donors (Lipinski definition) is 0. The molecule has 0 unspecified atom stereocenters. The van der Waals surface area contributed by atoms with Crippen LogP contribution in [0.25, 0.3) is 0 Å². The molecule has 1 fully saturated rings. The Labute approximate surface area is 166 Å². The van der Waals surface area contributed by atoms with Gasteiger partial charge in [0.25, 0.3) is 0 Å². The maximum absolute atomic E-state index is 12.6. The molecule has 1 heterocycles. The van der Waals surface area contributed by atoms with E-state index in [4.69, 9.17) is 16.3 Å². The van der Waals surface area contributed by atoms with Crippen LogP contribution in [0.3, 0.4) is 0 Å². The molecule has 0 atom stereocenters. The Bertz CT molecular complexity index is 741. The number of nitrogens with zero attached hydrogens (tertiary/aromatic N) is 3. The van der Waals surface area contributed by atoms with Gasteiger partial charge in [-0.3, -0.25) is 9.69 Å². The number of amides is 1. The summed E-state index contributed by atoms with van der Waals surface area (Å²) in [5.74, 6) is 1.04. The molecular formula is C21H26ClN3O2. The van der Waals surface area contributed by atoms with Crippen molar-refractivity contribution in [1.29, 1.82) is 0 Å². The molecule has 1 saturated heterocycles. The van der Waals surface area contributed by atoms with Crippen LogP contribution in [0.4, 0.5) is 5.69 Å². The number of halogens is 1. The highest BCUT2D eigenvalue weighted by atomic mass is 35.5. The zero-order chi connectivity index (χ0) is 19.2. The summed E-state index contributed by atoms with van der Waals surface area (Å²) < 4.78 is 5.21. The topological polar surface area (TPSA) is 36.0 Å². The van der Waals surface area contributed by atoms with Gasteiger partial charge in [-0.15, -0.1) is 0 Å². The number of ether oxygens (including phenoxy) is 1. The van der Waals surface area contributed by atoms with Gasteiger partial charge in [0.05, 0.1) is 13.7 Å². The first kappa shape index (κ1) is 19.5. The number of piperazine rings is 1. The second kappa shape index (κ2) is 9.11. The lowest BCUT2D eigenvalue weighted by atomic mass is 10.2. The van der Waals surface area contributed by atoms with Crippen molar-refractivity contribution in [2.75, 3.05) is 51.8 Å². The van der Waals surface area contributed by atoms with Crippen molar-refractivity contribution >= 4 is 23.2 Å². The molecule has 5 nitrogen and oxygen atoms in total.